The highest BCUT2D eigenvalue weighted by Crippen LogP contribution is 2.21. The number of hydrogen-bond acceptors (Lipinski definition) is 2. The Morgan fingerprint density at radius 2 is 2.05 bits per heavy atom. The van der Waals surface area contributed by atoms with E-state index in [4.69, 9.17) is 0 Å². The average molecular weight is 271 g/mol. The number of aromatic nitrogens is 1. The number of imide groups is 1. The highest BCUT2D eigenvalue weighted by Gasteiger charge is 2.37. The second-order valence-electron chi connectivity index (χ2n) is 5.06. The maximum absolute atomic E-state index is 12.2. The Bertz CT molecular complexity index is 662. The van der Waals surface area contributed by atoms with Crippen LogP contribution in [0.15, 0.2) is 30.5 Å². The van der Waals surface area contributed by atoms with Crippen molar-refractivity contribution < 1.29 is 9.59 Å². The molecule has 1 saturated heterocycles. The summed E-state index contributed by atoms with van der Waals surface area (Å²) < 4.78 is 0. The number of benzene rings is 1. The number of amides is 3. The van der Waals surface area contributed by atoms with Gasteiger partial charge >= 0.3 is 6.03 Å². The Balaban J connectivity index is 1.82. The van der Waals surface area contributed by atoms with Crippen molar-refractivity contribution in [1.29, 1.82) is 0 Å². The third kappa shape index (κ3) is 2.05. The van der Waals surface area contributed by atoms with Gasteiger partial charge in [-0.1, -0.05) is 25.1 Å². The summed E-state index contributed by atoms with van der Waals surface area (Å²) in [7, 11) is 0. The van der Waals surface area contributed by atoms with E-state index < -0.39 is 6.04 Å². The summed E-state index contributed by atoms with van der Waals surface area (Å²) in [5, 5.41) is 3.87. The van der Waals surface area contributed by atoms with Gasteiger partial charge in [0, 0.05) is 30.1 Å². The number of nitrogens with zero attached hydrogens (tertiary/aromatic N) is 1. The first-order valence-corrected chi connectivity index (χ1v) is 6.87. The number of H-pyrrole nitrogens is 1. The van der Waals surface area contributed by atoms with Crippen LogP contribution in [-0.4, -0.2) is 34.4 Å². The van der Waals surface area contributed by atoms with Gasteiger partial charge in [0.25, 0.3) is 5.91 Å². The molecule has 0 aliphatic carbocycles. The quantitative estimate of drug-likeness (QED) is 0.836. The molecule has 1 aliphatic heterocycles. The molecule has 1 aromatic carbocycles. The van der Waals surface area contributed by atoms with Gasteiger partial charge in [-0.05, 0) is 18.1 Å². The minimum Gasteiger partial charge on any atom is -0.361 e. The maximum atomic E-state index is 12.2. The number of aromatic amines is 1. The number of carbonyl (C=O) groups is 2. The SMILES string of the molecule is CCCN1C(=O)N[C@@H](Cc2c[nH]c3ccccc23)C1=O. The Morgan fingerprint density at radius 3 is 2.85 bits per heavy atom. The first kappa shape index (κ1) is 12.7. The molecule has 5 nitrogen and oxygen atoms in total. The lowest BCUT2D eigenvalue weighted by molar-refractivity contribution is -0.127. The highest BCUT2D eigenvalue weighted by atomic mass is 16.2. The monoisotopic (exact) mass is 271 g/mol. The van der Waals surface area contributed by atoms with Gasteiger partial charge in [-0.3, -0.25) is 9.69 Å². The molecule has 1 aromatic heterocycles. The third-order valence-corrected chi connectivity index (χ3v) is 3.65. The molecule has 20 heavy (non-hydrogen) atoms. The van der Waals surface area contributed by atoms with E-state index in [1.165, 1.54) is 4.90 Å². The number of urea groups is 1. The minimum absolute atomic E-state index is 0.123. The van der Waals surface area contributed by atoms with Crippen molar-refractivity contribution in [3.8, 4) is 0 Å². The summed E-state index contributed by atoms with van der Waals surface area (Å²) >= 11 is 0. The van der Waals surface area contributed by atoms with Crippen LogP contribution in [0.5, 0.6) is 0 Å². The predicted octanol–water partition coefficient (Wildman–Crippen LogP) is 2.04. The topological polar surface area (TPSA) is 65.2 Å². The van der Waals surface area contributed by atoms with Crippen LogP contribution < -0.4 is 5.32 Å². The first-order valence-electron chi connectivity index (χ1n) is 6.87. The van der Waals surface area contributed by atoms with Gasteiger partial charge in [-0.15, -0.1) is 0 Å². The van der Waals surface area contributed by atoms with E-state index in [0.717, 1.165) is 22.9 Å². The molecule has 1 aliphatic rings. The normalized spacial score (nSPS) is 18.9. The minimum atomic E-state index is -0.451. The third-order valence-electron chi connectivity index (χ3n) is 3.65. The van der Waals surface area contributed by atoms with Crippen LogP contribution in [-0.2, 0) is 11.2 Å². The van der Waals surface area contributed by atoms with Gasteiger partial charge in [-0.25, -0.2) is 4.79 Å². The van der Waals surface area contributed by atoms with Crippen LogP contribution in [0.1, 0.15) is 18.9 Å². The van der Waals surface area contributed by atoms with Gasteiger partial charge in [0.2, 0.25) is 0 Å². The van der Waals surface area contributed by atoms with E-state index in [9.17, 15) is 9.59 Å². The molecule has 104 valence electrons. The molecule has 0 spiro atoms. The molecule has 2 heterocycles. The van der Waals surface area contributed by atoms with Crippen LogP contribution >= 0.6 is 0 Å². The van der Waals surface area contributed by atoms with Crippen LogP contribution in [0.2, 0.25) is 0 Å². The number of para-hydroxylation sites is 1. The zero-order valence-electron chi connectivity index (χ0n) is 11.3. The van der Waals surface area contributed by atoms with Gasteiger partial charge < -0.3 is 10.3 Å². The average Bonchev–Trinajstić information content (AvgIpc) is 2.97. The van der Waals surface area contributed by atoms with Crippen LogP contribution in [0.4, 0.5) is 4.79 Å². The summed E-state index contributed by atoms with van der Waals surface area (Å²) in [6.07, 6.45) is 3.21. The van der Waals surface area contributed by atoms with E-state index in [0.29, 0.717) is 13.0 Å². The van der Waals surface area contributed by atoms with E-state index in [-0.39, 0.29) is 11.9 Å². The molecular formula is C15H17N3O2. The largest absolute Gasteiger partial charge is 0.361 e. The smallest absolute Gasteiger partial charge is 0.324 e. The van der Waals surface area contributed by atoms with Crippen LogP contribution in [0, 0.1) is 0 Å². The fraction of sp³-hybridized carbons (Fsp3) is 0.333. The summed E-state index contributed by atoms with van der Waals surface area (Å²) in [6.45, 7) is 2.43. The fourth-order valence-electron chi connectivity index (χ4n) is 2.67. The van der Waals surface area contributed by atoms with Gasteiger partial charge in [-0.2, -0.15) is 0 Å². The van der Waals surface area contributed by atoms with Crippen molar-refractivity contribution >= 4 is 22.8 Å². The van der Waals surface area contributed by atoms with Crippen molar-refractivity contribution in [2.75, 3.05) is 6.54 Å². The zero-order valence-corrected chi connectivity index (χ0v) is 11.3. The summed E-state index contributed by atoms with van der Waals surface area (Å²) in [4.78, 5) is 28.5. The van der Waals surface area contributed by atoms with Crippen molar-refractivity contribution in [3.05, 3.63) is 36.0 Å². The van der Waals surface area contributed by atoms with Crippen molar-refractivity contribution in [2.24, 2.45) is 0 Å². The van der Waals surface area contributed by atoms with Crippen LogP contribution in [0.25, 0.3) is 10.9 Å². The molecule has 0 saturated carbocycles. The van der Waals surface area contributed by atoms with Crippen molar-refractivity contribution in [2.45, 2.75) is 25.8 Å². The summed E-state index contributed by atoms with van der Waals surface area (Å²) in [5.74, 6) is -0.123. The maximum Gasteiger partial charge on any atom is 0.324 e. The lowest BCUT2D eigenvalue weighted by atomic mass is 10.1. The number of hydrogen-bond donors (Lipinski definition) is 2. The number of carbonyl (C=O) groups excluding carboxylic acids is 2. The molecule has 0 bridgehead atoms. The Kier molecular flexibility index (Phi) is 3.18. The summed E-state index contributed by atoms with van der Waals surface area (Å²) in [6, 6.07) is 7.23. The van der Waals surface area contributed by atoms with Crippen molar-refractivity contribution in [3.63, 3.8) is 0 Å². The van der Waals surface area contributed by atoms with E-state index >= 15 is 0 Å². The number of rotatable bonds is 4. The Morgan fingerprint density at radius 1 is 1.25 bits per heavy atom. The second-order valence-corrected chi connectivity index (χ2v) is 5.06. The zero-order chi connectivity index (χ0) is 14.1. The molecule has 5 heteroatoms. The Hall–Kier alpha value is -2.30. The number of fused-ring (bicyclic) bond motifs is 1. The fourth-order valence-corrected chi connectivity index (χ4v) is 2.67. The summed E-state index contributed by atoms with van der Waals surface area (Å²) in [5.41, 5.74) is 2.10. The van der Waals surface area contributed by atoms with Crippen molar-refractivity contribution in [1.82, 2.24) is 15.2 Å². The standard InChI is InChI=1S/C15H17N3O2/c1-2-7-18-14(19)13(17-15(18)20)8-10-9-16-12-6-4-3-5-11(10)12/h3-6,9,13,16H,2,7-8H2,1H3,(H,17,20)/t13-/m0/s1. The molecule has 0 unspecified atom stereocenters. The molecule has 2 N–H and O–H groups in total. The number of nitrogens with one attached hydrogen (secondary N) is 2. The molecular weight excluding hydrogens is 254 g/mol. The van der Waals surface area contributed by atoms with Gasteiger partial charge in [0.05, 0.1) is 0 Å². The molecule has 3 amide bonds. The molecule has 2 aromatic rings. The Labute approximate surface area is 117 Å². The van der Waals surface area contributed by atoms with E-state index in [2.05, 4.69) is 10.3 Å². The second kappa shape index (κ2) is 5.00. The first-order chi connectivity index (χ1) is 9.70. The molecule has 1 fully saturated rings. The van der Waals surface area contributed by atoms with Gasteiger partial charge in [0.1, 0.15) is 6.04 Å². The van der Waals surface area contributed by atoms with E-state index in [1.54, 1.807) is 0 Å². The molecule has 1 atom stereocenters. The molecule has 3 rings (SSSR count). The van der Waals surface area contributed by atoms with E-state index in [1.807, 2.05) is 37.4 Å². The van der Waals surface area contributed by atoms with Crippen LogP contribution in [0.3, 0.4) is 0 Å². The highest BCUT2D eigenvalue weighted by molar-refractivity contribution is 6.04. The van der Waals surface area contributed by atoms with Gasteiger partial charge in [0.15, 0.2) is 0 Å². The predicted molar refractivity (Wildman–Crippen MR) is 76.3 cm³/mol. The molecule has 0 radical (unpaired) electrons. The lowest BCUT2D eigenvalue weighted by Gasteiger charge is -2.11. The lowest BCUT2D eigenvalue weighted by Crippen LogP contribution is -2.32.